The van der Waals surface area contributed by atoms with Crippen LogP contribution in [0.25, 0.3) is 0 Å². The zero-order chi connectivity index (χ0) is 13.4. The molecule has 2 saturated heterocycles. The van der Waals surface area contributed by atoms with Crippen LogP contribution in [0.3, 0.4) is 0 Å². The topological polar surface area (TPSA) is 61.8 Å². The molecule has 0 bridgehead atoms. The van der Waals surface area contributed by atoms with Crippen LogP contribution in [0.15, 0.2) is 0 Å². The molecular weight excluding hydrogens is 236 g/mol. The van der Waals surface area contributed by atoms with E-state index < -0.39 is 11.5 Å². The monoisotopic (exact) mass is 256 g/mol. The lowest BCUT2D eigenvalue weighted by Gasteiger charge is -2.43. The third-order valence-electron chi connectivity index (χ3n) is 3.64. The fraction of sp³-hybridized carbons (Fsp3) is 0.846. The number of hydrogen-bond donors (Lipinski definition) is 0. The lowest BCUT2D eigenvalue weighted by atomic mass is 9.75. The Morgan fingerprint density at radius 2 is 2.22 bits per heavy atom. The molecule has 0 amide bonds. The summed E-state index contributed by atoms with van der Waals surface area (Å²) < 4.78 is 16.2. The first kappa shape index (κ1) is 13.3. The predicted molar refractivity (Wildman–Crippen MR) is 62.8 cm³/mol. The summed E-state index contributed by atoms with van der Waals surface area (Å²) in [5, 5.41) is 0. The molecular formula is C13H20O5. The summed E-state index contributed by atoms with van der Waals surface area (Å²) >= 11 is 0. The summed E-state index contributed by atoms with van der Waals surface area (Å²) in [6.07, 6.45) is 1.22. The van der Waals surface area contributed by atoms with E-state index in [1.54, 1.807) is 6.92 Å². The van der Waals surface area contributed by atoms with Gasteiger partial charge in [-0.3, -0.25) is 9.59 Å². The van der Waals surface area contributed by atoms with Crippen molar-refractivity contribution in [2.45, 2.75) is 51.2 Å². The third-order valence-corrected chi connectivity index (χ3v) is 3.64. The van der Waals surface area contributed by atoms with E-state index in [-0.39, 0.29) is 24.0 Å². The summed E-state index contributed by atoms with van der Waals surface area (Å²) in [5.41, 5.74) is -1.11. The van der Waals surface area contributed by atoms with Gasteiger partial charge in [0, 0.05) is 12.8 Å². The van der Waals surface area contributed by atoms with Crippen molar-refractivity contribution in [3.63, 3.8) is 0 Å². The van der Waals surface area contributed by atoms with Crippen molar-refractivity contribution in [1.82, 2.24) is 0 Å². The van der Waals surface area contributed by atoms with Crippen LogP contribution >= 0.6 is 0 Å². The van der Waals surface area contributed by atoms with Gasteiger partial charge in [0.2, 0.25) is 0 Å². The third kappa shape index (κ3) is 2.36. The second-order valence-corrected chi connectivity index (χ2v) is 5.58. The van der Waals surface area contributed by atoms with Gasteiger partial charge in [-0.25, -0.2) is 0 Å². The smallest absolute Gasteiger partial charge is 0.313 e. The normalized spacial score (nSPS) is 34.4. The molecule has 2 rings (SSSR count). The van der Waals surface area contributed by atoms with E-state index in [1.807, 2.05) is 13.8 Å². The van der Waals surface area contributed by atoms with E-state index in [2.05, 4.69) is 0 Å². The largest absolute Gasteiger partial charge is 0.466 e. The van der Waals surface area contributed by atoms with Crippen molar-refractivity contribution >= 4 is 11.9 Å². The van der Waals surface area contributed by atoms with Crippen molar-refractivity contribution in [2.75, 3.05) is 13.2 Å². The van der Waals surface area contributed by atoms with Crippen LogP contribution in [0.5, 0.6) is 0 Å². The van der Waals surface area contributed by atoms with Crippen molar-refractivity contribution in [3.05, 3.63) is 0 Å². The van der Waals surface area contributed by atoms with Gasteiger partial charge < -0.3 is 14.2 Å². The van der Waals surface area contributed by atoms with Gasteiger partial charge >= 0.3 is 11.9 Å². The fourth-order valence-electron chi connectivity index (χ4n) is 2.98. The van der Waals surface area contributed by atoms with Gasteiger partial charge in [0.15, 0.2) is 0 Å². The van der Waals surface area contributed by atoms with Crippen LogP contribution in [0.1, 0.15) is 40.0 Å². The molecule has 0 aromatic rings. The minimum atomic E-state index is -0.731. The van der Waals surface area contributed by atoms with E-state index in [0.29, 0.717) is 26.1 Å². The molecule has 5 nitrogen and oxygen atoms in total. The molecule has 0 aromatic heterocycles. The minimum Gasteiger partial charge on any atom is -0.466 e. The molecule has 2 aliphatic heterocycles. The summed E-state index contributed by atoms with van der Waals surface area (Å²) in [6, 6.07) is 0. The highest BCUT2D eigenvalue weighted by Gasteiger charge is 2.57. The Morgan fingerprint density at radius 1 is 1.50 bits per heavy atom. The van der Waals surface area contributed by atoms with E-state index in [0.717, 1.165) is 0 Å². The maximum Gasteiger partial charge on any atom is 0.313 e. The standard InChI is InChI=1S/C13H20O5/c1-4-16-11(15)9-7-10(14)18-13(9)5-6-17-12(2,3)8-13/h9H,4-8H2,1-3H3/t9-,13+/m1/s1. The maximum absolute atomic E-state index is 12.0. The van der Waals surface area contributed by atoms with Gasteiger partial charge in [-0.1, -0.05) is 0 Å². The molecule has 1 spiro atoms. The van der Waals surface area contributed by atoms with E-state index in [1.165, 1.54) is 0 Å². The molecule has 2 fully saturated rings. The van der Waals surface area contributed by atoms with Gasteiger partial charge in [-0.2, -0.15) is 0 Å². The molecule has 0 unspecified atom stereocenters. The van der Waals surface area contributed by atoms with E-state index >= 15 is 0 Å². The summed E-state index contributed by atoms with van der Waals surface area (Å²) in [7, 11) is 0. The minimum absolute atomic E-state index is 0.120. The first-order valence-electron chi connectivity index (χ1n) is 6.41. The molecule has 5 heteroatoms. The van der Waals surface area contributed by atoms with Crippen LogP contribution in [0.2, 0.25) is 0 Å². The molecule has 18 heavy (non-hydrogen) atoms. The van der Waals surface area contributed by atoms with Crippen molar-refractivity contribution < 1.29 is 23.8 Å². The number of carbonyl (C=O) groups excluding carboxylic acids is 2. The quantitative estimate of drug-likeness (QED) is 0.700. The fourth-order valence-corrected chi connectivity index (χ4v) is 2.98. The molecule has 0 N–H and O–H groups in total. The summed E-state index contributed by atoms with van der Waals surface area (Å²) in [5.74, 6) is -1.14. The lowest BCUT2D eigenvalue weighted by Crippen LogP contribution is -2.51. The molecule has 2 heterocycles. The number of esters is 2. The Kier molecular flexibility index (Phi) is 3.36. The average molecular weight is 256 g/mol. The summed E-state index contributed by atoms with van der Waals surface area (Å²) in [6.45, 7) is 6.47. The van der Waals surface area contributed by atoms with Crippen molar-refractivity contribution in [1.29, 1.82) is 0 Å². The van der Waals surface area contributed by atoms with Crippen LogP contribution in [0.4, 0.5) is 0 Å². The van der Waals surface area contributed by atoms with E-state index in [4.69, 9.17) is 14.2 Å². The van der Waals surface area contributed by atoms with Gasteiger partial charge in [0.1, 0.15) is 11.5 Å². The maximum atomic E-state index is 12.0. The lowest BCUT2D eigenvalue weighted by molar-refractivity contribution is -0.185. The van der Waals surface area contributed by atoms with Crippen LogP contribution in [-0.2, 0) is 23.8 Å². The Morgan fingerprint density at radius 3 is 2.83 bits per heavy atom. The average Bonchev–Trinajstić information content (AvgIpc) is 2.53. The molecule has 0 saturated carbocycles. The van der Waals surface area contributed by atoms with Crippen molar-refractivity contribution in [2.24, 2.45) is 5.92 Å². The molecule has 0 radical (unpaired) electrons. The number of ether oxygens (including phenoxy) is 3. The number of rotatable bonds is 2. The Labute approximate surface area is 107 Å². The summed E-state index contributed by atoms with van der Waals surface area (Å²) in [4.78, 5) is 23.6. The molecule has 0 aliphatic carbocycles. The van der Waals surface area contributed by atoms with Crippen molar-refractivity contribution in [3.8, 4) is 0 Å². The molecule has 0 aromatic carbocycles. The Hall–Kier alpha value is -1.10. The van der Waals surface area contributed by atoms with Gasteiger partial charge in [0.05, 0.1) is 25.2 Å². The van der Waals surface area contributed by atoms with Gasteiger partial charge in [0.25, 0.3) is 0 Å². The first-order valence-corrected chi connectivity index (χ1v) is 6.41. The first-order chi connectivity index (χ1) is 8.38. The Bertz CT molecular complexity index is 362. The van der Waals surface area contributed by atoms with Crippen LogP contribution in [-0.4, -0.2) is 36.4 Å². The number of carbonyl (C=O) groups is 2. The molecule has 2 aliphatic rings. The SMILES string of the molecule is CCOC(=O)[C@H]1CC(=O)O[C@]12CCOC(C)(C)C2. The Balaban J connectivity index is 2.22. The van der Waals surface area contributed by atoms with Crippen LogP contribution in [0, 0.1) is 5.92 Å². The predicted octanol–water partition coefficient (Wildman–Crippen LogP) is 1.44. The molecule has 102 valence electrons. The zero-order valence-electron chi connectivity index (χ0n) is 11.2. The van der Waals surface area contributed by atoms with Gasteiger partial charge in [-0.05, 0) is 20.8 Å². The number of hydrogen-bond acceptors (Lipinski definition) is 5. The zero-order valence-corrected chi connectivity index (χ0v) is 11.2. The second-order valence-electron chi connectivity index (χ2n) is 5.58. The highest BCUT2D eigenvalue weighted by atomic mass is 16.6. The second kappa shape index (κ2) is 4.53. The van der Waals surface area contributed by atoms with Crippen LogP contribution < -0.4 is 0 Å². The highest BCUT2D eigenvalue weighted by Crippen LogP contribution is 2.45. The van der Waals surface area contributed by atoms with Gasteiger partial charge in [-0.15, -0.1) is 0 Å². The van der Waals surface area contributed by atoms with E-state index in [9.17, 15) is 9.59 Å². The molecule has 2 atom stereocenters. The highest BCUT2D eigenvalue weighted by molar-refractivity contribution is 5.84.